The number of nitrogens with two attached hydrogens (primary N) is 1. The van der Waals surface area contributed by atoms with Gasteiger partial charge in [-0.3, -0.25) is 0 Å². The zero-order valence-electron chi connectivity index (χ0n) is 8.75. The highest BCUT2D eigenvalue weighted by molar-refractivity contribution is 5.44. The third-order valence-electron chi connectivity index (χ3n) is 3.55. The lowest BCUT2D eigenvalue weighted by Crippen LogP contribution is -2.14. The molecule has 2 aliphatic rings. The molecule has 2 fully saturated rings. The zero-order valence-corrected chi connectivity index (χ0v) is 8.75. The predicted molar refractivity (Wildman–Crippen MR) is 56.0 cm³/mol. The fourth-order valence-electron chi connectivity index (χ4n) is 2.57. The first-order valence-electron chi connectivity index (χ1n) is 5.54. The van der Waals surface area contributed by atoms with Crippen molar-refractivity contribution < 1.29 is 13.5 Å². The molecule has 2 saturated carbocycles. The van der Waals surface area contributed by atoms with E-state index in [9.17, 15) is 8.78 Å². The molecule has 1 aromatic rings. The Morgan fingerprint density at radius 3 is 2.44 bits per heavy atom. The molecule has 2 N–H and O–H groups in total. The van der Waals surface area contributed by atoms with E-state index in [4.69, 9.17) is 10.5 Å². The van der Waals surface area contributed by atoms with Gasteiger partial charge in [-0.05, 0) is 31.1 Å². The number of halogens is 2. The van der Waals surface area contributed by atoms with Crippen molar-refractivity contribution in [3.05, 3.63) is 23.8 Å². The van der Waals surface area contributed by atoms with Gasteiger partial charge in [0.2, 0.25) is 0 Å². The molecule has 2 unspecified atom stereocenters. The molecule has 1 aromatic carbocycles. The Kier molecular flexibility index (Phi) is 2.06. The Hall–Kier alpha value is -1.32. The lowest BCUT2D eigenvalue weighted by Gasteiger charge is -2.15. The molecule has 3 atom stereocenters. The number of anilines is 1. The number of nitrogen functional groups attached to an aromatic ring is 1. The maximum atomic E-state index is 13.4. The standard InChI is InChI=1S/C12H13F2NO/c13-9-5-12(10(14)4-11(9)15)16-8-2-6-1-7(6)3-8/h4-8H,1-3,15H2/t6-,7?,8?/m0/s1. The lowest BCUT2D eigenvalue weighted by molar-refractivity contribution is 0.185. The van der Waals surface area contributed by atoms with Crippen molar-refractivity contribution in [2.45, 2.75) is 25.4 Å². The molecule has 0 aromatic heterocycles. The van der Waals surface area contributed by atoms with Gasteiger partial charge in [0.15, 0.2) is 11.6 Å². The molecule has 0 heterocycles. The molecule has 16 heavy (non-hydrogen) atoms. The minimum atomic E-state index is -0.625. The van der Waals surface area contributed by atoms with Crippen molar-refractivity contribution in [2.24, 2.45) is 11.8 Å². The average molecular weight is 225 g/mol. The van der Waals surface area contributed by atoms with Crippen LogP contribution >= 0.6 is 0 Å². The van der Waals surface area contributed by atoms with Crippen LogP contribution in [-0.4, -0.2) is 6.10 Å². The van der Waals surface area contributed by atoms with Crippen LogP contribution in [0.25, 0.3) is 0 Å². The molecule has 86 valence electrons. The summed E-state index contributed by atoms with van der Waals surface area (Å²) < 4.78 is 32.0. The molecule has 4 heteroatoms. The second-order valence-corrected chi connectivity index (χ2v) is 4.77. The number of fused-ring (bicyclic) bond motifs is 1. The van der Waals surface area contributed by atoms with E-state index in [2.05, 4.69) is 0 Å². The van der Waals surface area contributed by atoms with Crippen LogP contribution in [0.3, 0.4) is 0 Å². The number of hydrogen-bond acceptors (Lipinski definition) is 2. The maximum Gasteiger partial charge on any atom is 0.167 e. The van der Waals surface area contributed by atoms with E-state index in [0.29, 0.717) is 0 Å². The van der Waals surface area contributed by atoms with E-state index >= 15 is 0 Å². The highest BCUT2D eigenvalue weighted by Crippen LogP contribution is 2.52. The van der Waals surface area contributed by atoms with Gasteiger partial charge >= 0.3 is 0 Å². The van der Waals surface area contributed by atoms with Gasteiger partial charge in [0.25, 0.3) is 0 Å². The van der Waals surface area contributed by atoms with Gasteiger partial charge < -0.3 is 10.5 Å². The van der Waals surface area contributed by atoms with Crippen molar-refractivity contribution in [1.29, 1.82) is 0 Å². The molecule has 2 aliphatic carbocycles. The summed E-state index contributed by atoms with van der Waals surface area (Å²) in [5.74, 6) is 0.287. The van der Waals surface area contributed by atoms with Crippen LogP contribution in [0.5, 0.6) is 5.75 Å². The summed E-state index contributed by atoms with van der Waals surface area (Å²) in [5, 5.41) is 0. The molecule has 0 spiro atoms. The summed E-state index contributed by atoms with van der Waals surface area (Å²) in [6.45, 7) is 0. The summed E-state index contributed by atoms with van der Waals surface area (Å²) in [5.41, 5.74) is 5.07. The highest BCUT2D eigenvalue weighted by atomic mass is 19.1. The lowest BCUT2D eigenvalue weighted by atomic mass is 10.2. The molecule has 3 rings (SSSR count). The van der Waals surface area contributed by atoms with Crippen LogP contribution in [0.2, 0.25) is 0 Å². The minimum absolute atomic E-state index is 0.0157. The Bertz CT molecular complexity index is 425. The van der Waals surface area contributed by atoms with Crippen molar-refractivity contribution in [2.75, 3.05) is 5.73 Å². The van der Waals surface area contributed by atoms with E-state index in [1.165, 1.54) is 6.42 Å². The van der Waals surface area contributed by atoms with E-state index < -0.39 is 11.6 Å². The molecule has 0 bridgehead atoms. The molecular weight excluding hydrogens is 212 g/mol. The van der Waals surface area contributed by atoms with E-state index in [-0.39, 0.29) is 17.5 Å². The van der Waals surface area contributed by atoms with Crippen LogP contribution in [0.1, 0.15) is 19.3 Å². The monoisotopic (exact) mass is 225 g/mol. The van der Waals surface area contributed by atoms with E-state index in [1.807, 2.05) is 0 Å². The smallest absolute Gasteiger partial charge is 0.167 e. The summed E-state index contributed by atoms with van der Waals surface area (Å²) in [4.78, 5) is 0. The third kappa shape index (κ3) is 1.62. The van der Waals surface area contributed by atoms with Crippen LogP contribution < -0.4 is 10.5 Å². The normalized spacial score (nSPS) is 31.2. The quantitative estimate of drug-likeness (QED) is 0.785. The minimum Gasteiger partial charge on any atom is -0.487 e. The highest BCUT2D eigenvalue weighted by Gasteiger charge is 2.47. The molecule has 0 radical (unpaired) electrons. The van der Waals surface area contributed by atoms with Gasteiger partial charge in [-0.2, -0.15) is 0 Å². The summed E-state index contributed by atoms with van der Waals surface area (Å²) in [7, 11) is 0. The van der Waals surface area contributed by atoms with E-state index in [0.717, 1.165) is 36.8 Å². The topological polar surface area (TPSA) is 35.2 Å². The zero-order chi connectivity index (χ0) is 11.3. The fraction of sp³-hybridized carbons (Fsp3) is 0.500. The Balaban J connectivity index is 1.76. The number of rotatable bonds is 2. The number of ether oxygens (including phenoxy) is 1. The van der Waals surface area contributed by atoms with Crippen molar-refractivity contribution in [1.82, 2.24) is 0 Å². The van der Waals surface area contributed by atoms with Crippen molar-refractivity contribution in [3.63, 3.8) is 0 Å². The molecular formula is C12H13F2NO. The van der Waals surface area contributed by atoms with Crippen LogP contribution in [0.15, 0.2) is 12.1 Å². The van der Waals surface area contributed by atoms with Crippen LogP contribution in [0, 0.1) is 23.5 Å². The van der Waals surface area contributed by atoms with Gasteiger partial charge in [0.05, 0.1) is 11.8 Å². The third-order valence-corrected chi connectivity index (χ3v) is 3.55. The second kappa shape index (κ2) is 3.34. The Morgan fingerprint density at radius 2 is 1.75 bits per heavy atom. The Morgan fingerprint density at radius 1 is 1.06 bits per heavy atom. The van der Waals surface area contributed by atoms with Crippen LogP contribution in [0.4, 0.5) is 14.5 Å². The molecule has 2 nitrogen and oxygen atoms in total. The number of benzene rings is 1. The Labute approximate surface area is 92.4 Å². The molecule has 0 amide bonds. The van der Waals surface area contributed by atoms with Crippen molar-refractivity contribution in [3.8, 4) is 5.75 Å². The van der Waals surface area contributed by atoms with E-state index in [1.54, 1.807) is 0 Å². The van der Waals surface area contributed by atoms with Gasteiger partial charge in [-0.15, -0.1) is 0 Å². The second-order valence-electron chi connectivity index (χ2n) is 4.77. The summed E-state index contributed by atoms with van der Waals surface area (Å²) in [6.07, 6.45) is 3.26. The number of hydrogen-bond donors (Lipinski definition) is 1. The van der Waals surface area contributed by atoms with Crippen molar-refractivity contribution >= 4 is 5.69 Å². The predicted octanol–water partition coefficient (Wildman–Crippen LogP) is 2.72. The van der Waals surface area contributed by atoms with Gasteiger partial charge in [-0.1, -0.05) is 0 Å². The SMILES string of the molecule is Nc1cc(F)c(OC2CC3C[C@H]3C2)cc1F. The molecule has 0 saturated heterocycles. The largest absolute Gasteiger partial charge is 0.487 e. The van der Waals surface area contributed by atoms with Gasteiger partial charge in [0.1, 0.15) is 5.82 Å². The first kappa shape index (κ1) is 9.87. The van der Waals surface area contributed by atoms with Gasteiger partial charge in [0, 0.05) is 12.1 Å². The fourth-order valence-corrected chi connectivity index (χ4v) is 2.57. The first-order chi connectivity index (χ1) is 7.63. The van der Waals surface area contributed by atoms with Crippen LogP contribution in [-0.2, 0) is 0 Å². The maximum absolute atomic E-state index is 13.4. The molecule has 0 aliphatic heterocycles. The summed E-state index contributed by atoms with van der Waals surface area (Å²) in [6, 6.07) is 2.01. The van der Waals surface area contributed by atoms with Gasteiger partial charge in [-0.25, -0.2) is 8.78 Å². The average Bonchev–Trinajstić information content (AvgIpc) is 2.83. The summed E-state index contributed by atoms with van der Waals surface area (Å²) >= 11 is 0. The first-order valence-corrected chi connectivity index (χ1v) is 5.54.